The van der Waals surface area contributed by atoms with Gasteiger partial charge in [-0.15, -0.1) is 0 Å². The van der Waals surface area contributed by atoms with Gasteiger partial charge in [0.25, 0.3) is 0 Å². The average molecular weight is 77.1 g/mol. The quantitative estimate of drug-likeness (QED) is 0.417. The van der Waals surface area contributed by atoms with Gasteiger partial charge < -0.3 is 0 Å². The molecule has 0 N–H and O–H groups in total. The fourth-order valence-corrected chi connectivity index (χ4v) is 0. The van der Waals surface area contributed by atoms with Crippen LogP contribution in [0.4, 0.5) is 0 Å². The Morgan fingerprint density at radius 2 is 1.83 bits per heavy atom. The zero-order valence-corrected chi connectivity index (χ0v) is 4.86. The molecule has 0 fully saturated rings. The minimum atomic E-state index is 0. The van der Waals surface area contributed by atoms with Crippen molar-refractivity contribution in [1.82, 2.24) is 0 Å². The predicted molar refractivity (Wildman–Crippen MR) is 29.8 cm³/mol. The number of hydrogen-bond acceptors (Lipinski definition) is 0. The molecule has 1 heteroatoms. The normalized spacial score (nSPS) is 12.7. The Labute approximate surface area is 50.5 Å². The SMILES string of the molecule is [CH].[Li][CH](C)CC. The summed E-state index contributed by atoms with van der Waals surface area (Å²) < 4.78 is 0.884. The summed E-state index contributed by atoms with van der Waals surface area (Å²) in [5.74, 6) is 0. The summed E-state index contributed by atoms with van der Waals surface area (Å²) in [4.78, 5) is 0. The van der Waals surface area contributed by atoms with Crippen molar-refractivity contribution in [3.05, 3.63) is 7.43 Å². The predicted octanol–water partition coefficient (Wildman–Crippen LogP) is 1.58. The van der Waals surface area contributed by atoms with Gasteiger partial charge in [-0.2, -0.15) is 0 Å². The standard InChI is InChI=1S/C4H9.CH.Li/c1-3-4-2;;/h3H,4H2,1-2H3;1H;. The third-order valence-corrected chi connectivity index (χ3v) is 0.816. The molecule has 6 heavy (non-hydrogen) atoms. The van der Waals surface area contributed by atoms with Gasteiger partial charge >= 0.3 is 42.6 Å². The van der Waals surface area contributed by atoms with Crippen molar-refractivity contribution in [2.24, 2.45) is 0 Å². The molecule has 31 valence electrons. The van der Waals surface area contributed by atoms with Crippen LogP contribution in [0.1, 0.15) is 20.3 Å². The molecule has 0 aromatic heterocycles. The number of hydrogen-bond donors (Lipinski definition) is 0. The van der Waals surface area contributed by atoms with Crippen LogP contribution in [0.5, 0.6) is 0 Å². The van der Waals surface area contributed by atoms with E-state index in [0.717, 1.165) is 4.59 Å². The van der Waals surface area contributed by atoms with Crippen LogP contribution in [0.2, 0.25) is 4.59 Å². The van der Waals surface area contributed by atoms with Crippen molar-refractivity contribution in [2.75, 3.05) is 0 Å². The Balaban J connectivity index is 0. The van der Waals surface area contributed by atoms with Crippen LogP contribution in [0.15, 0.2) is 0 Å². The van der Waals surface area contributed by atoms with Crippen molar-refractivity contribution >= 4 is 17.7 Å². The Morgan fingerprint density at radius 3 is 1.83 bits per heavy atom. The first-order valence-corrected chi connectivity index (χ1v) is 2.27. The Hall–Kier alpha value is 0.597. The van der Waals surface area contributed by atoms with Crippen molar-refractivity contribution in [3.8, 4) is 0 Å². The van der Waals surface area contributed by atoms with E-state index in [9.17, 15) is 0 Å². The first-order chi connectivity index (χ1) is 2.27. The van der Waals surface area contributed by atoms with E-state index >= 15 is 0 Å². The molecule has 0 spiro atoms. The van der Waals surface area contributed by atoms with Gasteiger partial charge in [-0.1, -0.05) is 0 Å². The van der Waals surface area contributed by atoms with Gasteiger partial charge in [0.1, 0.15) is 0 Å². The first kappa shape index (κ1) is 9.78. The van der Waals surface area contributed by atoms with Gasteiger partial charge in [0.15, 0.2) is 0 Å². The van der Waals surface area contributed by atoms with Crippen LogP contribution >= 0.6 is 0 Å². The Kier molecular flexibility index (Phi) is 9.12. The van der Waals surface area contributed by atoms with Gasteiger partial charge in [-0.25, -0.2) is 0 Å². The maximum atomic E-state index is 2.22. The fourth-order valence-electron chi connectivity index (χ4n) is 0. The molecule has 0 aliphatic heterocycles. The van der Waals surface area contributed by atoms with E-state index in [1.807, 2.05) is 0 Å². The van der Waals surface area contributed by atoms with Crippen LogP contribution in [-0.4, -0.2) is 17.7 Å². The summed E-state index contributed by atoms with van der Waals surface area (Å²) in [6.45, 7) is 4.42. The topological polar surface area (TPSA) is 0 Å². The third-order valence-electron chi connectivity index (χ3n) is 0.816. The molecule has 0 bridgehead atoms. The van der Waals surface area contributed by atoms with Crippen LogP contribution in [0, 0.1) is 7.43 Å². The molecule has 0 aliphatic carbocycles. The van der Waals surface area contributed by atoms with Crippen LogP contribution in [-0.2, 0) is 0 Å². The molecule has 1 atom stereocenters. The molecule has 0 saturated carbocycles. The van der Waals surface area contributed by atoms with Gasteiger partial charge in [-0.05, 0) is 7.43 Å². The van der Waals surface area contributed by atoms with E-state index < -0.39 is 0 Å². The van der Waals surface area contributed by atoms with Crippen molar-refractivity contribution < 1.29 is 0 Å². The first-order valence-electron chi connectivity index (χ1n) is 2.27. The molecule has 0 nitrogen and oxygen atoms in total. The van der Waals surface area contributed by atoms with Crippen LogP contribution in [0.3, 0.4) is 0 Å². The fraction of sp³-hybridized carbons (Fsp3) is 0.800. The zero-order chi connectivity index (χ0) is 4.28. The van der Waals surface area contributed by atoms with E-state index in [2.05, 4.69) is 31.6 Å². The molecule has 0 amide bonds. The molecule has 3 radical (unpaired) electrons. The summed E-state index contributed by atoms with van der Waals surface area (Å²) in [5, 5.41) is 0. The zero-order valence-electron chi connectivity index (χ0n) is 4.86. The molecule has 0 saturated heterocycles. The second-order valence-corrected chi connectivity index (χ2v) is 1.80. The van der Waals surface area contributed by atoms with Crippen molar-refractivity contribution in [2.45, 2.75) is 24.9 Å². The Bertz CT molecular complexity index is 17.9. The summed E-state index contributed by atoms with van der Waals surface area (Å²) in [7, 11) is 0. The summed E-state index contributed by atoms with van der Waals surface area (Å²) in [5.41, 5.74) is 0. The van der Waals surface area contributed by atoms with Crippen molar-refractivity contribution in [1.29, 1.82) is 0 Å². The Morgan fingerprint density at radius 1 is 1.67 bits per heavy atom. The van der Waals surface area contributed by atoms with Crippen molar-refractivity contribution in [3.63, 3.8) is 0 Å². The summed E-state index contributed by atoms with van der Waals surface area (Å²) in [6.07, 6.45) is 1.31. The van der Waals surface area contributed by atoms with Gasteiger partial charge in [0, 0.05) is 0 Å². The average Bonchev–Trinajstić information content (AvgIpc) is 1.38. The van der Waals surface area contributed by atoms with Crippen LogP contribution in [0.25, 0.3) is 0 Å². The van der Waals surface area contributed by atoms with E-state index in [1.165, 1.54) is 6.42 Å². The second kappa shape index (κ2) is 5.60. The molecule has 0 aromatic rings. The monoisotopic (exact) mass is 77.1 g/mol. The van der Waals surface area contributed by atoms with Gasteiger partial charge in [-0.3, -0.25) is 0 Å². The summed E-state index contributed by atoms with van der Waals surface area (Å²) >= 11 is 2.22. The minimum absolute atomic E-state index is 0. The van der Waals surface area contributed by atoms with E-state index in [0.29, 0.717) is 0 Å². The maximum absolute atomic E-state index is 2.22. The molecular formula is C5H10Li. The third kappa shape index (κ3) is 8.82. The van der Waals surface area contributed by atoms with E-state index in [1.54, 1.807) is 0 Å². The molecular weight excluding hydrogens is 67.0 g/mol. The van der Waals surface area contributed by atoms with Gasteiger partial charge in [0.05, 0.1) is 0 Å². The molecule has 0 aromatic carbocycles. The van der Waals surface area contributed by atoms with E-state index in [4.69, 9.17) is 0 Å². The summed E-state index contributed by atoms with van der Waals surface area (Å²) in [6, 6.07) is 0. The van der Waals surface area contributed by atoms with E-state index in [-0.39, 0.29) is 7.43 Å². The number of rotatable bonds is 1. The second-order valence-electron chi connectivity index (χ2n) is 1.80. The molecule has 1 unspecified atom stereocenters. The van der Waals surface area contributed by atoms with Gasteiger partial charge in [0.2, 0.25) is 0 Å². The molecule has 0 rings (SSSR count). The molecule has 0 heterocycles. The van der Waals surface area contributed by atoms with Crippen LogP contribution < -0.4 is 0 Å². The molecule has 0 aliphatic rings.